The highest BCUT2D eigenvalue weighted by molar-refractivity contribution is 7.89. The van der Waals surface area contributed by atoms with Crippen molar-refractivity contribution in [3.05, 3.63) is 53.8 Å². The van der Waals surface area contributed by atoms with Crippen molar-refractivity contribution in [2.45, 2.75) is 18.7 Å². The highest BCUT2D eigenvalue weighted by atomic mass is 32.2. The topological polar surface area (TPSA) is 105 Å². The van der Waals surface area contributed by atoms with Crippen LogP contribution in [0.15, 0.2) is 47.4 Å². The molecule has 0 aliphatic rings. The second kappa shape index (κ2) is 10.2. The Morgan fingerprint density at radius 2 is 1.77 bits per heavy atom. The van der Waals surface area contributed by atoms with Crippen LogP contribution in [0, 0.1) is 5.82 Å². The summed E-state index contributed by atoms with van der Waals surface area (Å²) < 4.78 is 45.5. The number of halogens is 1. The monoisotopic (exact) mass is 437 g/mol. The minimum atomic E-state index is -3.74. The van der Waals surface area contributed by atoms with Crippen LogP contribution in [0.25, 0.3) is 0 Å². The van der Waals surface area contributed by atoms with E-state index in [4.69, 9.17) is 4.74 Å². The second-order valence-corrected chi connectivity index (χ2v) is 8.10. The number of hydrogen-bond acceptors (Lipinski definition) is 5. The first-order valence-electron chi connectivity index (χ1n) is 9.25. The molecule has 0 fully saturated rings. The fourth-order valence-electron chi connectivity index (χ4n) is 2.75. The molecule has 0 saturated carbocycles. The number of hydrogen-bond donors (Lipinski definition) is 2. The highest BCUT2D eigenvalue weighted by Gasteiger charge is 2.23. The summed E-state index contributed by atoms with van der Waals surface area (Å²) in [6.45, 7) is 3.61. The maximum Gasteiger partial charge on any atom is 0.254 e. The summed E-state index contributed by atoms with van der Waals surface area (Å²) in [5.74, 6) is -1.82. The summed E-state index contributed by atoms with van der Waals surface area (Å²) in [4.78, 5) is 24.3. The first-order chi connectivity index (χ1) is 14.2. The molecule has 0 aliphatic heterocycles. The lowest BCUT2D eigenvalue weighted by molar-refractivity contribution is -0.115. The second-order valence-electron chi connectivity index (χ2n) is 6.16. The molecule has 0 aromatic heterocycles. The molecule has 8 nitrogen and oxygen atoms in total. The highest BCUT2D eigenvalue weighted by Crippen LogP contribution is 2.28. The van der Waals surface area contributed by atoms with E-state index in [0.717, 1.165) is 6.07 Å². The molecule has 2 rings (SSSR count). The van der Waals surface area contributed by atoms with Gasteiger partial charge in [-0.2, -0.15) is 4.31 Å². The fourth-order valence-corrected chi connectivity index (χ4v) is 4.24. The molecule has 0 heterocycles. The lowest BCUT2D eigenvalue weighted by Gasteiger charge is -2.19. The van der Waals surface area contributed by atoms with Gasteiger partial charge in [-0.25, -0.2) is 12.8 Å². The van der Waals surface area contributed by atoms with Gasteiger partial charge in [0.15, 0.2) is 0 Å². The predicted molar refractivity (Wildman–Crippen MR) is 110 cm³/mol. The van der Waals surface area contributed by atoms with E-state index in [9.17, 15) is 22.4 Å². The number of benzene rings is 2. The molecule has 0 spiro atoms. The smallest absolute Gasteiger partial charge is 0.254 e. The maximum atomic E-state index is 13.7. The Bertz CT molecular complexity index is 1020. The van der Waals surface area contributed by atoms with Gasteiger partial charge in [0.2, 0.25) is 15.9 Å². The molecule has 0 bridgehead atoms. The molecule has 0 saturated heterocycles. The summed E-state index contributed by atoms with van der Waals surface area (Å²) in [6, 6.07) is 9.51. The molecule has 162 valence electrons. The van der Waals surface area contributed by atoms with Crippen LogP contribution in [0.1, 0.15) is 24.2 Å². The SMILES string of the molecule is CCN(CC)S(=O)(=O)c1ccc(OC)c(NC(=O)CNC(=O)c2ccccc2F)c1. The van der Waals surface area contributed by atoms with Crippen molar-refractivity contribution >= 4 is 27.5 Å². The van der Waals surface area contributed by atoms with Gasteiger partial charge < -0.3 is 15.4 Å². The number of anilines is 1. The van der Waals surface area contributed by atoms with Crippen LogP contribution in [0.4, 0.5) is 10.1 Å². The third-order valence-corrected chi connectivity index (χ3v) is 6.36. The quantitative estimate of drug-likeness (QED) is 0.626. The molecule has 2 N–H and O–H groups in total. The Labute approximate surface area is 175 Å². The van der Waals surface area contributed by atoms with Crippen molar-refractivity contribution < 1.29 is 27.1 Å². The Morgan fingerprint density at radius 1 is 1.10 bits per heavy atom. The summed E-state index contributed by atoms with van der Waals surface area (Å²) in [7, 11) is -2.36. The predicted octanol–water partition coefficient (Wildman–Crippen LogP) is 2.23. The number of rotatable bonds is 9. The van der Waals surface area contributed by atoms with Crippen LogP contribution in [0.3, 0.4) is 0 Å². The zero-order valence-electron chi connectivity index (χ0n) is 16.9. The van der Waals surface area contributed by atoms with Gasteiger partial charge in [-0.05, 0) is 30.3 Å². The number of carbonyl (C=O) groups excluding carboxylic acids is 2. The number of nitrogens with one attached hydrogen (secondary N) is 2. The summed E-state index contributed by atoms with van der Waals surface area (Å²) in [6.07, 6.45) is 0. The van der Waals surface area contributed by atoms with Crippen molar-refractivity contribution in [3.8, 4) is 5.75 Å². The normalized spacial score (nSPS) is 11.2. The number of nitrogens with zero attached hydrogens (tertiary/aromatic N) is 1. The minimum absolute atomic E-state index is 0.00214. The van der Waals surface area contributed by atoms with Crippen LogP contribution >= 0.6 is 0 Å². The first kappa shape index (κ1) is 23.3. The maximum absolute atomic E-state index is 13.7. The van der Waals surface area contributed by atoms with E-state index >= 15 is 0 Å². The van der Waals surface area contributed by atoms with Crippen LogP contribution in [-0.4, -0.2) is 51.3 Å². The lowest BCUT2D eigenvalue weighted by atomic mass is 10.2. The molecule has 30 heavy (non-hydrogen) atoms. The molecule has 0 radical (unpaired) electrons. The van der Waals surface area contributed by atoms with E-state index in [1.54, 1.807) is 13.8 Å². The largest absolute Gasteiger partial charge is 0.495 e. The summed E-state index contributed by atoms with van der Waals surface area (Å²) in [5.41, 5.74) is -0.0499. The van der Waals surface area contributed by atoms with E-state index in [1.807, 2.05) is 0 Å². The van der Waals surface area contributed by atoms with Crippen molar-refractivity contribution in [2.75, 3.05) is 32.1 Å². The number of sulfonamides is 1. The van der Waals surface area contributed by atoms with Gasteiger partial charge in [0.25, 0.3) is 5.91 Å². The zero-order chi connectivity index (χ0) is 22.3. The van der Waals surface area contributed by atoms with Gasteiger partial charge in [0.05, 0.1) is 29.8 Å². The van der Waals surface area contributed by atoms with E-state index < -0.39 is 34.2 Å². The number of ether oxygens (including phenoxy) is 1. The van der Waals surface area contributed by atoms with Crippen LogP contribution in [0.2, 0.25) is 0 Å². The first-order valence-corrected chi connectivity index (χ1v) is 10.7. The van der Waals surface area contributed by atoms with Crippen LogP contribution in [0.5, 0.6) is 5.75 Å². The van der Waals surface area contributed by atoms with Gasteiger partial charge in [0, 0.05) is 13.1 Å². The Kier molecular flexibility index (Phi) is 7.90. The summed E-state index contributed by atoms with van der Waals surface area (Å²) >= 11 is 0. The zero-order valence-corrected chi connectivity index (χ0v) is 17.8. The Balaban J connectivity index is 2.16. The Morgan fingerprint density at radius 3 is 2.37 bits per heavy atom. The van der Waals surface area contributed by atoms with Crippen molar-refractivity contribution in [3.63, 3.8) is 0 Å². The third kappa shape index (κ3) is 5.33. The summed E-state index contributed by atoms with van der Waals surface area (Å²) in [5, 5.41) is 4.84. The molecule has 2 aromatic rings. The van der Waals surface area contributed by atoms with Crippen LogP contribution < -0.4 is 15.4 Å². The average molecular weight is 437 g/mol. The van der Waals surface area contributed by atoms with Crippen molar-refractivity contribution in [1.29, 1.82) is 0 Å². The van der Waals surface area contributed by atoms with Gasteiger partial charge in [0.1, 0.15) is 11.6 Å². The van der Waals surface area contributed by atoms with Gasteiger partial charge in [-0.3, -0.25) is 9.59 Å². The van der Waals surface area contributed by atoms with E-state index in [1.165, 1.54) is 47.8 Å². The third-order valence-electron chi connectivity index (χ3n) is 4.32. The van der Waals surface area contributed by atoms with Crippen molar-refractivity contribution in [1.82, 2.24) is 9.62 Å². The molecule has 2 aromatic carbocycles. The molecule has 0 unspecified atom stereocenters. The van der Waals surface area contributed by atoms with Crippen LogP contribution in [-0.2, 0) is 14.8 Å². The number of amides is 2. The van der Waals surface area contributed by atoms with Crippen molar-refractivity contribution in [2.24, 2.45) is 0 Å². The fraction of sp³-hybridized carbons (Fsp3) is 0.300. The molecule has 0 aliphatic carbocycles. The van der Waals surface area contributed by atoms with Gasteiger partial charge in [-0.15, -0.1) is 0 Å². The molecular weight excluding hydrogens is 413 g/mol. The molecule has 10 heteroatoms. The van der Waals surface area contributed by atoms with E-state index in [-0.39, 0.29) is 21.9 Å². The number of carbonyl (C=O) groups is 2. The van der Waals surface area contributed by atoms with Gasteiger partial charge >= 0.3 is 0 Å². The standard InChI is InChI=1S/C20H24FN3O5S/c1-4-24(5-2)30(27,28)14-10-11-18(29-3)17(12-14)23-19(25)13-22-20(26)15-8-6-7-9-16(15)21/h6-12H,4-5,13H2,1-3H3,(H,22,26)(H,23,25). The molecule has 2 amide bonds. The lowest BCUT2D eigenvalue weighted by Crippen LogP contribution is -2.33. The molecular formula is C20H24FN3O5S. The Hall–Kier alpha value is -2.98. The average Bonchev–Trinajstić information content (AvgIpc) is 2.73. The van der Waals surface area contributed by atoms with E-state index in [0.29, 0.717) is 13.1 Å². The minimum Gasteiger partial charge on any atom is -0.495 e. The number of methoxy groups -OCH3 is 1. The van der Waals surface area contributed by atoms with E-state index in [2.05, 4.69) is 10.6 Å². The van der Waals surface area contributed by atoms with Gasteiger partial charge in [-0.1, -0.05) is 26.0 Å². The molecule has 0 atom stereocenters.